The fourth-order valence-corrected chi connectivity index (χ4v) is 3.66. The minimum atomic E-state index is -4.43. The zero-order valence-electron chi connectivity index (χ0n) is 19.1. The molecule has 0 aliphatic rings. The highest BCUT2D eigenvalue weighted by Crippen LogP contribution is 2.26. The fourth-order valence-electron chi connectivity index (χ4n) is 3.66. The number of benzene rings is 3. The van der Waals surface area contributed by atoms with Gasteiger partial charge in [0.1, 0.15) is 5.75 Å². The molecule has 4 aromatic rings. The maximum absolute atomic E-state index is 13.2. The van der Waals surface area contributed by atoms with Crippen LogP contribution in [0.15, 0.2) is 103 Å². The molecule has 3 nitrogen and oxygen atoms in total. The quantitative estimate of drug-likeness (QED) is 0.248. The van der Waals surface area contributed by atoms with Crippen LogP contribution in [-0.2, 0) is 6.54 Å². The van der Waals surface area contributed by atoms with Crippen molar-refractivity contribution >= 4 is 11.9 Å². The summed E-state index contributed by atoms with van der Waals surface area (Å²) in [5.74, 6) is 0.0600. The highest BCUT2D eigenvalue weighted by atomic mass is 19.4. The number of halogens is 3. The van der Waals surface area contributed by atoms with E-state index >= 15 is 0 Å². The molecule has 0 spiro atoms. The van der Waals surface area contributed by atoms with E-state index in [1.54, 1.807) is 36.4 Å². The summed E-state index contributed by atoms with van der Waals surface area (Å²) < 4.78 is 45.1. The van der Waals surface area contributed by atoms with Crippen LogP contribution in [-0.4, -0.2) is 22.6 Å². The number of ketones is 1. The minimum Gasteiger partial charge on any atom is -0.481 e. The summed E-state index contributed by atoms with van der Waals surface area (Å²) in [6.07, 6.45) is -0.859. The first kappa shape index (κ1) is 24.1. The molecular weight excluding hydrogens is 451 g/mol. The molecular formula is C29H24F3NO2. The molecule has 4 rings (SSSR count). The smallest absolute Gasteiger partial charge is 0.425 e. The SMILES string of the molecule is CC(Oc1cccc(/C=C/Cn2cccc2C(=O)c2cccc(-c3ccccc3)c2)c1)C(F)(F)F. The van der Waals surface area contributed by atoms with Crippen molar-refractivity contribution in [1.29, 1.82) is 0 Å². The Labute approximate surface area is 202 Å². The lowest BCUT2D eigenvalue weighted by Crippen LogP contribution is -2.31. The van der Waals surface area contributed by atoms with Crippen molar-refractivity contribution in [3.8, 4) is 16.9 Å². The molecule has 0 radical (unpaired) electrons. The van der Waals surface area contributed by atoms with E-state index in [-0.39, 0.29) is 11.5 Å². The van der Waals surface area contributed by atoms with E-state index in [1.165, 1.54) is 6.07 Å². The number of aromatic nitrogens is 1. The van der Waals surface area contributed by atoms with Gasteiger partial charge in [-0.2, -0.15) is 13.2 Å². The molecule has 0 aliphatic heterocycles. The van der Waals surface area contributed by atoms with E-state index in [1.807, 2.05) is 71.4 Å². The van der Waals surface area contributed by atoms with Gasteiger partial charge in [-0.05, 0) is 53.9 Å². The third kappa shape index (κ3) is 6.09. The molecule has 178 valence electrons. The van der Waals surface area contributed by atoms with E-state index in [9.17, 15) is 18.0 Å². The van der Waals surface area contributed by atoms with Gasteiger partial charge in [0.2, 0.25) is 5.78 Å². The summed E-state index contributed by atoms with van der Waals surface area (Å²) in [5.41, 5.74) is 3.86. The van der Waals surface area contributed by atoms with Crippen molar-refractivity contribution in [2.45, 2.75) is 25.7 Å². The first-order chi connectivity index (χ1) is 16.8. The molecule has 1 heterocycles. The molecule has 0 saturated carbocycles. The maximum Gasteiger partial charge on any atom is 0.425 e. The van der Waals surface area contributed by atoms with Crippen LogP contribution in [0.1, 0.15) is 28.5 Å². The van der Waals surface area contributed by atoms with Crippen LogP contribution >= 0.6 is 0 Å². The number of hydrogen-bond acceptors (Lipinski definition) is 2. The van der Waals surface area contributed by atoms with Gasteiger partial charge in [0, 0.05) is 18.3 Å². The lowest BCUT2D eigenvalue weighted by molar-refractivity contribution is -0.189. The fraction of sp³-hybridized carbons (Fsp3) is 0.138. The lowest BCUT2D eigenvalue weighted by atomic mass is 10.0. The summed E-state index contributed by atoms with van der Waals surface area (Å²) in [4.78, 5) is 13.2. The molecule has 0 N–H and O–H groups in total. The number of allylic oxidation sites excluding steroid dienone is 1. The number of alkyl halides is 3. The van der Waals surface area contributed by atoms with Crippen LogP contribution in [0.25, 0.3) is 17.2 Å². The van der Waals surface area contributed by atoms with Crippen molar-refractivity contribution in [3.63, 3.8) is 0 Å². The van der Waals surface area contributed by atoms with Crippen LogP contribution in [0.4, 0.5) is 13.2 Å². The van der Waals surface area contributed by atoms with E-state index in [4.69, 9.17) is 4.74 Å². The number of carbonyl (C=O) groups is 1. The van der Waals surface area contributed by atoms with Crippen LogP contribution in [0.5, 0.6) is 5.75 Å². The van der Waals surface area contributed by atoms with Gasteiger partial charge in [-0.3, -0.25) is 4.79 Å². The lowest BCUT2D eigenvalue weighted by Gasteiger charge is -2.17. The van der Waals surface area contributed by atoms with Crippen molar-refractivity contribution in [2.75, 3.05) is 0 Å². The Kier molecular flexibility index (Phi) is 7.20. The summed E-state index contributed by atoms with van der Waals surface area (Å²) >= 11 is 0. The first-order valence-electron chi connectivity index (χ1n) is 11.2. The normalized spacial score (nSPS) is 12.6. The third-order valence-corrected chi connectivity index (χ3v) is 5.54. The molecule has 0 saturated heterocycles. The van der Waals surface area contributed by atoms with Crippen molar-refractivity contribution in [1.82, 2.24) is 4.57 Å². The average Bonchev–Trinajstić information content (AvgIpc) is 3.32. The molecule has 35 heavy (non-hydrogen) atoms. The van der Waals surface area contributed by atoms with Gasteiger partial charge >= 0.3 is 6.18 Å². The van der Waals surface area contributed by atoms with Gasteiger partial charge < -0.3 is 9.30 Å². The van der Waals surface area contributed by atoms with E-state index < -0.39 is 12.3 Å². The van der Waals surface area contributed by atoms with Crippen LogP contribution in [0.3, 0.4) is 0 Å². The molecule has 0 amide bonds. The Bertz CT molecular complexity index is 1320. The average molecular weight is 476 g/mol. The molecule has 0 bridgehead atoms. The zero-order valence-corrected chi connectivity index (χ0v) is 19.1. The third-order valence-electron chi connectivity index (χ3n) is 5.54. The highest BCUT2D eigenvalue weighted by molar-refractivity contribution is 6.08. The highest BCUT2D eigenvalue weighted by Gasteiger charge is 2.38. The molecule has 1 aromatic heterocycles. The number of nitrogens with zero attached hydrogens (tertiary/aromatic N) is 1. The second kappa shape index (κ2) is 10.5. The Hall–Kier alpha value is -4.06. The van der Waals surface area contributed by atoms with Crippen LogP contribution in [0, 0.1) is 0 Å². The standard InChI is InChI=1S/C29H24F3NO2/c1-21(29(30,31)32)35-26-15-5-9-22(19-26)10-7-17-33-18-8-16-27(33)28(34)25-14-6-13-24(20-25)23-11-3-2-4-12-23/h2-16,18-21H,17H2,1H3/b10-7+. The summed E-state index contributed by atoms with van der Waals surface area (Å²) in [7, 11) is 0. The van der Waals surface area contributed by atoms with Crippen molar-refractivity contribution in [3.05, 3.63) is 120 Å². The predicted molar refractivity (Wildman–Crippen MR) is 131 cm³/mol. The number of ether oxygens (including phenoxy) is 1. The van der Waals surface area contributed by atoms with Crippen molar-refractivity contribution < 1.29 is 22.7 Å². The Morgan fingerprint density at radius 2 is 1.66 bits per heavy atom. The molecule has 0 aliphatic carbocycles. The van der Waals surface area contributed by atoms with Crippen LogP contribution < -0.4 is 4.74 Å². The molecule has 1 unspecified atom stereocenters. The second-order valence-corrected chi connectivity index (χ2v) is 8.10. The van der Waals surface area contributed by atoms with Crippen molar-refractivity contribution in [2.24, 2.45) is 0 Å². The van der Waals surface area contributed by atoms with Gasteiger partial charge in [0.25, 0.3) is 0 Å². The van der Waals surface area contributed by atoms with Gasteiger partial charge in [-0.1, -0.05) is 72.8 Å². The largest absolute Gasteiger partial charge is 0.481 e. The number of carbonyl (C=O) groups excluding carboxylic acids is 1. The predicted octanol–water partition coefficient (Wildman–Crippen LogP) is 7.43. The van der Waals surface area contributed by atoms with Crippen LogP contribution in [0.2, 0.25) is 0 Å². The molecule has 1 atom stereocenters. The monoisotopic (exact) mass is 475 g/mol. The van der Waals surface area contributed by atoms with Gasteiger partial charge in [0.15, 0.2) is 6.10 Å². The number of hydrogen-bond donors (Lipinski definition) is 0. The Morgan fingerprint density at radius 1 is 0.914 bits per heavy atom. The molecule has 6 heteroatoms. The Balaban J connectivity index is 1.46. The maximum atomic E-state index is 13.2. The summed E-state index contributed by atoms with van der Waals surface area (Å²) in [6, 6.07) is 27.5. The first-order valence-corrected chi connectivity index (χ1v) is 11.2. The van der Waals surface area contributed by atoms with E-state index in [2.05, 4.69) is 0 Å². The van der Waals surface area contributed by atoms with E-state index in [0.29, 0.717) is 23.4 Å². The van der Waals surface area contributed by atoms with Gasteiger partial charge in [-0.25, -0.2) is 0 Å². The molecule has 0 fully saturated rings. The van der Waals surface area contributed by atoms with Gasteiger partial charge in [-0.15, -0.1) is 0 Å². The Morgan fingerprint density at radius 3 is 2.43 bits per heavy atom. The number of rotatable bonds is 8. The van der Waals surface area contributed by atoms with E-state index in [0.717, 1.165) is 18.1 Å². The second-order valence-electron chi connectivity index (χ2n) is 8.10. The summed E-state index contributed by atoms with van der Waals surface area (Å²) in [6.45, 7) is 1.40. The minimum absolute atomic E-state index is 0.0854. The molecule has 3 aromatic carbocycles. The zero-order chi connectivity index (χ0) is 24.8. The topological polar surface area (TPSA) is 31.2 Å². The van der Waals surface area contributed by atoms with Gasteiger partial charge in [0.05, 0.1) is 5.69 Å². The summed E-state index contributed by atoms with van der Waals surface area (Å²) in [5, 5.41) is 0.